The van der Waals surface area contributed by atoms with Gasteiger partial charge in [0.15, 0.2) is 12.4 Å². The molecule has 0 N–H and O–H groups in total. The monoisotopic (exact) mass is 958 g/mol. The number of hydrogen-bond acceptors (Lipinski definition) is 8. The number of hydrogen-bond donors (Lipinski definition) is 0. The average Bonchev–Trinajstić information content (AvgIpc) is 3.31. The van der Waals surface area contributed by atoms with Gasteiger partial charge >= 0.3 is 11.9 Å². The molecule has 0 aliphatic carbocycles. The fraction of sp³-hybridized carbons (Fsp3) is 0.583. The Morgan fingerprint density at radius 1 is 0.435 bits per heavy atom. The predicted molar refractivity (Wildman–Crippen MR) is 287 cm³/mol. The molecule has 0 heterocycles. The SMILES string of the molecule is CC/C=C\C/C=C\C/C=C\C/C=C\C/C=C\C/C=C\CCCCC(=O)OC(COC(=O)CCCCCCCCC/C=C\C/C=C\C/C=C\C/C=C\C/C=C\CC)COC(OCC[N+](C)(C)C)C(=O)[O-]. The highest BCUT2D eigenvalue weighted by Gasteiger charge is 2.21. The molecule has 0 aliphatic rings. The maximum atomic E-state index is 12.8. The number of rotatable bonds is 46. The molecule has 0 bridgehead atoms. The van der Waals surface area contributed by atoms with E-state index >= 15 is 0 Å². The minimum atomic E-state index is -1.65. The molecular weight excluding hydrogens is 863 g/mol. The lowest BCUT2D eigenvalue weighted by molar-refractivity contribution is -0.870. The van der Waals surface area contributed by atoms with Gasteiger partial charge in [-0.25, -0.2) is 0 Å². The molecular formula is C60H95NO8. The van der Waals surface area contributed by atoms with Crippen LogP contribution in [0.2, 0.25) is 0 Å². The Labute approximate surface area is 420 Å². The lowest BCUT2D eigenvalue weighted by atomic mass is 10.1. The molecule has 0 rings (SSSR count). The van der Waals surface area contributed by atoms with E-state index in [4.69, 9.17) is 18.9 Å². The molecule has 0 saturated heterocycles. The third-order valence-electron chi connectivity index (χ3n) is 10.4. The maximum Gasteiger partial charge on any atom is 0.306 e. The summed E-state index contributed by atoms with van der Waals surface area (Å²) in [6.07, 6.45) is 67.7. The van der Waals surface area contributed by atoms with Gasteiger partial charge in [0.1, 0.15) is 13.2 Å². The van der Waals surface area contributed by atoms with Crippen LogP contribution in [0, 0.1) is 0 Å². The second kappa shape index (κ2) is 49.8. The normalized spacial score (nSPS) is 13.9. The van der Waals surface area contributed by atoms with E-state index < -0.39 is 24.3 Å². The molecule has 0 radical (unpaired) electrons. The van der Waals surface area contributed by atoms with Crippen LogP contribution in [0.3, 0.4) is 0 Å². The highest BCUT2D eigenvalue weighted by atomic mass is 16.7. The number of carboxylic acids is 1. The summed E-state index contributed by atoms with van der Waals surface area (Å²) in [5, 5.41) is 11.7. The van der Waals surface area contributed by atoms with Crippen LogP contribution in [0.4, 0.5) is 0 Å². The molecule has 0 amide bonds. The molecule has 0 aliphatic heterocycles. The minimum Gasteiger partial charge on any atom is -0.545 e. The Bertz CT molecular complexity index is 1590. The van der Waals surface area contributed by atoms with Gasteiger partial charge in [0.25, 0.3) is 0 Å². The number of carbonyl (C=O) groups is 3. The van der Waals surface area contributed by atoms with Gasteiger partial charge in [-0.15, -0.1) is 0 Å². The smallest absolute Gasteiger partial charge is 0.306 e. The summed E-state index contributed by atoms with van der Waals surface area (Å²) in [6.45, 7) is 4.42. The summed E-state index contributed by atoms with van der Waals surface area (Å²) in [4.78, 5) is 37.2. The van der Waals surface area contributed by atoms with E-state index in [-0.39, 0.29) is 38.6 Å². The van der Waals surface area contributed by atoms with Crippen molar-refractivity contribution in [1.82, 2.24) is 0 Å². The second-order valence-electron chi connectivity index (χ2n) is 18.0. The van der Waals surface area contributed by atoms with Crippen LogP contribution in [0.25, 0.3) is 0 Å². The number of carbonyl (C=O) groups excluding carboxylic acids is 3. The van der Waals surface area contributed by atoms with Crippen molar-refractivity contribution in [2.45, 2.75) is 180 Å². The molecule has 69 heavy (non-hydrogen) atoms. The number of esters is 2. The largest absolute Gasteiger partial charge is 0.545 e. The molecule has 0 spiro atoms. The second-order valence-corrected chi connectivity index (χ2v) is 18.0. The standard InChI is InChI=1S/C60H95NO8/c1-6-8-10-12-14-16-18-20-22-24-26-28-29-31-32-34-36-38-40-42-44-46-48-50-57(62)67-54-56(55-68-60(59(64)65)66-53-52-61(3,4)5)69-58(63)51-49-47-45-43-41-39-37-35-33-30-27-25-23-21-19-17-15-13-11-9-7-2/h8-11,14-17,20-23,26-28,30-32,35,37,41,43,56,60H,6-7,12-13,18-19,24-25,29,33-34,36,38-40,42,44-55H2,1-5H3/b10-8-,11-9-,16-14-,17-15-,22-20-,23-21-,28-26-,30-27-,32-31-,37-35-,43-41-. The summed E-state index contributed by atoms with van der Waals surface area (Å²) in [7, 11) is 5.88. The van der Waals surface area contributed by atoms with Crippen LogP contribution in [0.5, 0.6) is 0 Å². The lowest BCUT2D eigenvalue weighted by Crippen LogP contribution is -2.44. The van der Waals surface area contributed by atoms with E-state index in [1.807, 2.05) is 21.1 Å². The number of likely N-dealkylation sites (N-methyl/N-ethyl adjacent to an activating group) is 1. The van der Waals surface area contributed by atoms with Crippen molar-refractivity contribution in [1.29, 1.82) is 0 Å². The molecule has 0 fully saturated rings. The first-order chi connectivity index (χ1) is 33.6. The van der Waals surface area contributed by atoms with Crippen molar-refractivity contribution in [2.75, 3.05) is 47.5 Å². The van der Waals surface area contributed by atoms with Gasteiger partial charge in [0, 0.05) is 12.8 Å². The number of unbranched alkanes of at least 4 members (excludes halogenated alkanes) is 9. The Morgan fingerprint density at radius 3 is 1.19 bits per heavy atom. The van der Waals surface area contributed by atoms with Gasteiger partial charge in [-0.1, -0.05) is 180 Å². The van der Waals surface area contributed by atoms with E-state index in [1.54, 1.807) is 0 Å². The summed E-state index contributed by atoms with van der Waals surface area (Å²) >= 11 is 0. The van der Waals surface area contributed by atoms with Crippen molar-refractivity contribution in [3.05, 3.63) is 134 Å². The van der Waals surface area contributed by atoms with Crippen molar-refractivity contribution in [3.8, 4) is 0 Å². The zero-order valence-corrected chi connectivity index (χ0v) is 43.9. The van der Waals surface area contributed by atoms with E-state index in [2.05, 4.69) is 148 Å². The van der Waals surface area contributed by atoms with Crippen molar-refractivity contribution in [3.63, 3.8) is 0 Å². The van der Waals surface area contributed by atoms with Gasteiger partial charge in [0.05, 0.1) is 40.3 Å². The lowest BCUT2D eigenvalue weighted by Gasteiger charge is -2.26. The summed E-state index contributed by atoms with van der Waals surface area (Å²) < 4.78 is 22.6. The van der Waals surface area contributed by atoms with Gasteiger partial charge in [-0.3, -0.25) is 9.59 Å². The van der Waals surface area contributed by atoms with Gasteiger partial charge in [-0.05, 0) is 109 Å². The molecule has 9 heteroatoms. The van der Waals surface area contributed by atoms with E-state index in [0.717, 1.165) is 109 Å². The first kappa shape index (κ1) is 64.4. The summed E-state index contributed by atoms with van der Waals surface area (Å²) in [6, 6.07) is 0. The van der Waals surface area contributed by atoms with Gasteiger partial charge in [0.2, 0.25) is 0 Å². The number of carboxylic acid groups (broad SMARTS) is 1. The summed E-state index contributed by atoms with van der Waals surface area (Å²) in [5.74, 6) is -2.38. The van der Waals surface area contributed by atoms with Gasteiger partial charge in [-0.2, -0.15) is 0 Å². The fourth-order valence-electron chi connectivity index (χ4n) is 6.39. The number of nitrogens with zero attached hydrogens (tertiary/aromatic N) is 1. The van der Waals surface area contributed by atoms with Crippen LogP contribution in [-0.4, -0.2) is 82.3 Å². The Hall–Kier alpha value is -4.57. The molecule has 2 unspecified atom stereocenters. The van der Waals surface area contributed by atoms with Crippen LogP contribution >= 0.6 is 0 Å². The maximum absolute atomic E-state index is 12.8. The zero-order valence-electron chi connectivity index (χ0n) is 43.9. The van der Waals surface area contributed by atoms with Crippen LogP contribution < -0.4 is 5.11 Å². The Kier molecular flexibility index (Phi) is 46.5. The summed E-state index contributed by atoms with van der Waals surface area (Å²) in [5.41, 5.74) is 0. The third kappa shape index (κ3) is 51.1. The number of ether oxygens (including phenoxy) is 4. The fourth-order valence-corrected chi connectivity index (χ4v) is 6.39. The van der Waals surface area contributed by atoms with Crippen molar-refractivity contribution < 1.29 is 42.9 Å². The average molecular weight is 958 g/mol. The highest BCUT2D eigenvalue weighted by Crippen LogP contribution is 2.12. The molecule has 0 aromatic carbocycles. The Balaban J connectivity index is 4.46. The Morgan fingerprint density at radius 2 is 0.783 bits per heavy atom. The van der Waals surface area contributed by atoms with Gasteiger partial charge < -0.3 is 33.3 Å². The number of allylic oxidation sites excluding steroid dienone is 22. The zero-order chi connectivity index (χ0) is 50.6. The van der Waals surface area contributed by atoms with E-state index in [0.29, 0.717) is 23.9 Å². The highest BCUT2D eigenvalue weighted by molar-refractivity contribution is 5.70. The minimum absolute atomic E-state index is 0.128. The van der Waals surface area contributed by atoms with Crippen LogP contribution in [0.15, 0.2) is 134 Å². The van der Waals surface area contributed by atoms with Crippen molar-refractivity contribution in [2.24, 2.45) is 0 Å². The topological polar surface area (TPSA) is 111 Å². The molecule has 9 nitrogen and oxygen atoms in total. The molecule has 0 aromatic rings. The first-order valence-corrected chi connectivity index (χ1v) is 26.3. The molecule has 0 saturated carbocycles. The third-order valence-corrected chi connectivity index (χ3v) is 10.4. The van der Waals surface area contributed by atoms with E-state index in [9.17, 15) is 19.5 Å². The predicted octanol–water partition coefficient (Wildman–Crippen LogP) is 13.8. The first-order valence-electron chi connectivity index (χ1n) is 26.3. The number of quaternary nitrogens is 1. The van der Waals surface area contributed by atoms with Crippen LogP contribution in [-0.2, 0) is 33.3 Å². The van der Waals surface area contributed by atoms with Crippen LogP contribution in [0.1, 0.15) is 168 Å². The number of aliphatic carboxylic acids is 1. The van der Waals surface area contributed by atoms with Crippen molar-refractivity contribution >= 4 is 17.9 Å². The molecule has 388 valence electrons. The molecule has 2 atom stereocenters. The molecule has 0 aromatic heterocycles. The quantitative estimate of drug-likeness (QED) is 0.0195. The van der Waals surface area contributed by atoms with E-state index in [1.165, 1.54) is 19.3 Å².